The summed E-state index contributed by atoms with van der Waals surface area (Å²) in [6.45, 7) is 0.322. The van der Waals surface area contributed by atoms with Crippen LogP contribution in [0.5, 0.6) is 0 Å². The molecule has 0 amide bonds. The van der Waals surface area contributed by atoms with Crippen molar-refractivity contribution in [3.63, 3.8) is 0 Å². The van der Waals surface area contributed by atoms with Crippen molar-refractivity contribution in [1.29, 1.82) is 0 Å². The number of benzene rings is 1. The minimum atomic E-state index is 0.322. The third kappa shape index (κ3) is 2.74. The third-order valence-corrected chi connectivity index (χ3v) is 1.55. The lowest BCUT2D eigenvalue weighted by Gasteiger charge is -1.91. The molecule has 2 heteroatoms. The lowest BCUT2D eigenvalue weighted by atomic mass is 10.2. The fraction of sp³-hybridized carbons (Fsp3) is 0.111. The van der Waals surface area contributed by atoms with Crippen molar-refractivity contribution < 1.29 is 0 Å². The van der Waals surface area contributed by atoms with E-state index in [1.54, 1.807) is 6.08 Å². The Morgan fingerprint density at radius 1 is 1.27 bits per heavy atom. The molecule has 1 rings (SSSR count). The highest BCUT2D eigenvalue weighted by Gasteiger charge is 1.85. The SMILES string of the molecule is [NH]C/C=C/c1ccc(Cl)cc1. The molecule has 0 bridgehead atoms. The Bertz CT molecular complexity index is 238. The minimum absolute atomic E-state index is 0.322. The van der Waals surface area contributed by atoms with E-state index in [1.807, 2.05) is 30.3 Å². The molecular formula is C9H9ClN. The first-order chi connectivity index (χ1) is 5.33. The van der Waals surface area contributed by atoms with Gasteiger partial charge in [0.1, 0.15) is 0 Å². The van der Waals surface area contributed by atoms with Crippen LogP contribution in [-0.4, -0.2) is 6.54 Å². The van der Waals surface area contributed by atoms with E-state index in [0.29, 0.717) is 6.54 Å². The van der Waals surface area contributed by atoms with Gasteiger partial charge in [0.2, 0.25) is 0 Å². The summed E-state index contributed by atoms with van der Waals surface area (Å²) in [6.07, 6.45) is 3.70. The Kier molecular flexibility index (Phi) is 3.14. The van der Waals surface area contributed by atoms with Crippen LogP contribution < -0.4 is 5.73 Å². The average molecular weight is 167 g/mol. The molecule has 57 valence electrons. The van der Waals surface area contributed by atoms with E-state index in [1.165, 1.54) is 0 Å². The molecule has 1 radical (unpaired) electrons. The summed E-state index contributed by atoms with van der Waals surface area (Å²) in [5, 5.41) is 0.744. The summed E-state index contributed by atoms with van der Waals surface area (Å²) in [5.41, 5.74) is 7.97. The summed E-state index contributed by atoms with van der Waals surface area (Å²) in [7, 11) is 0. The highest BCUT2D eigenvalue weighted by molar-refractivity contribution is 6.30. The molecule has 0 aromatic heterocycles. The molecule has 1 nitrogen and oxygen atoms in total. The monoisotopic (exact) mass is 166 g/mol. The van der Waals surface area contributed by atoms with E-state index in [9.17, 15) is 0 Å². The van der Waals surface area contributed by atoms with E-state index >= 15 is 0 Å². The third-order valence-electron chi connectivity index (χ3n) is 1.30. The van der Waals surface area contributed by atoms with Crippen molar-refractivity contribution in [1.82, 2.24) is 5.73 Å². The maximum atomic E-state index is 6.88. The van der Waals surface area contributed by atoms with Crippen molar-refractivity contribution >= 4 is 17.7 Å². The Morgan fingerprint density at radius 3 is 2.45 bits per heavy atom. The molecule has 0 saturated carbocycles. The van der Waals surface area contributed by atoms with Crippen LogP contribution >= 0.6 is 11.6 Å². The molecule has 1 N–H and O–H groups in total. The standard InChI is InChI=1S/C9H9ClN/c10-9-5-3-8(4-6-9)2-1-7-11/h1-6,11H,7H2/b2-1+. The second-order valence-electron chi connectivity index (χ2n) is 2.16. The Balaban J connectivity index is 2.73. The van der Waals surface area contributed by atoms with Gasteiger partial charge in [0, 0.05) is 11.6 Å². The summed E-state index contributed by atoms with van der Waals surface area (Å²) < 4.78 is 0. The van der Waals surface area contributed by atoms with E-state index in [4.69, 9.17) is 17.3 Å². The lowest BCUT2D eigenvalue weighted by Crippen LogP contribution is -1.75. The quantitative estimate of drug-likeness (QED) is 0.645. The average Bonchev–Trinajstić information content (AvgIpc) is 2.04. The fourth-order valence-corrected chi connectivity index (χ4v) is 0.895. The van der Waals surface area contributed by atoms with Gasteiger partial charge >= 0.3 is 0 Å². The van der Waals surface area contributed by atoms with Crippen molar-refractivity contribution in [2.24, 2.45) is 0 Å². The van der Waals surface area contributed by atoms with E-state index in [2.05, 4.69) is 0 Å². The number of nitrogens with one attached hydrogen (secondary N) is 1. The van der Waals surface area contributed by atoms with E-state index in [0.717, 1.165) is 10.6 Å². The Labute approximate surface area is 71.5 Å². The molecule has 0 heterocycles. The number of halogens is 1. The zero-order valence-corrected chi connectivity index (χ0v) is 6.81. The van der Waals surface area contributed by atoms with Crippen LogP contribution in [0.25, 0.3) is 6.08 Å². The molecule has 0 fully saturated rings. The normalized spacial score (nSPS) is 10.7. The zero-order valence-electron chi connectivity index (χ0n) is 6.05. The van der Waals surface area contributed by atoms with Gasteiger partial charge in [-0.05, 0) is 17.7 Å². The van der Waals surface area contributed by atoms with Gasteiger partial charge in [-0.15, -0.1) is 0 Å². The summed E-state index contributed by atoms with van der Waals surface area (Å²) >= 11 is 5.68. The maximum Gasteiger partial charge on any atom is 0.0406 e. The first kappa shape index (κ1) is 8.31. The lowest BCUT2D eigenvalue weighted by molar-refractivity contribution is 1.20. The van der Waals surface area contributed by atoms with Crippen molar-refractivity contribution in [3.8, 4) is 0 Å². The molecule has 0 unspecified atom stereocenters. The molecule has 11 heavy (non-hydrogen) atoms. The predicted molar refractivity (Wildman–Crippen MR) is 48.4 cm³/mol. The Morgan fingerprint density at radius 2 is 1.91 bits per heavy atom. The fourth-order valence-electron chi connectivity index (χ4n) is 0.769. The summed E-state index contributed by atoms with van der Waals surface area (Å²) in [5.74, 6) is 0. The first-order valence-electron chi connectivity index (χ1n) is 3.39. The highest BCUT2D eigenvalue weighted by atomic mass is 35.5. The van der Waals surface area contributed by atoms with Gasteiger partial charge in [-0.2, -0.15) is 0 Å². The van der Waals surface area contributed by atoms with Gasteiger partial charge in [-0.3, -0.25) is 5.73 Å². The molecule has 0 atom stereocenters. The smallest absolute Gasteiger partial charge is 0.0406 e. The molecule has 0 spiro atoms. The molecule has 1 aromatic rings. The van der Waals surface area contributed by atoms with Gasteiger partial charge in [0.25, 0.3) is 0 Å². The second kappa shape index (κ2) is 4.16. The molecule has 0 aliphatic carbocycles. The second-order valence-corrected chi connectivity index (χ2v) is 2.59. The highest BCUT2D eigenvalue weighted by Crippen LogP contribution is 2.10. The molecule has 0 saturated heterocycles. The van der Waals surface area contributed by atoms with Gasteiger partial charge in [-0.1, -0.05) is 35.9 Å². The van der Waals surface area contributed by atoms with Gasteiger partial charge in [0.15, 0.2) is 0 Å². The van der Waals surface area contributed by atoms with Crippen molar-refractivity contribution in [2.45, 2.75) is 0 Å². The molecule has 0 aliphatic heterocycles. The van der Waals surface area contributed by atoms with Crippen molar-refractivity contribution in [2.75, 3.05) is 6.54 Å². The van der Waals surface area contributed by atoms with Gasteiger partial charge in [-0.25, -0.2) is 0 Å². The van der Waals surface area contributed by atoms with Crippen LogP contribution in [-0.2, 0) is 0 Å². The zero-order chi connectivity index (χ0) is 8.10. The van der Waals surface area contributed by atoms with Gasteiger partial charge in [0.05, 0.1) is 0 Å². The van der Waals surface area contributed by atoms with Crippen LogP contribution in [0.2, 0.25) is 5.02 Å². The Hall–Kier alpha value is -0.790. The number of hydrogen-bond donors (Lipinski definition) is 0. The largest absolute Gasteiger partial charge is 0.254 e. The van der Waals surface area contributed by atoms with E-state index in [-0.39, 0.29) is 0 Å². The molecular weight excluding hydrogens is 158 g/mol. The van der Waals surface area contributed by atoms with E-state index < -0.39 is 0 Å². The van der Waals surface area contributed by atoms with Crippen LogP contribution in [0.1, 0.15) is 5.56 Å². The van der Waals surface area contributed by atoms with Crippen LogP contribution in [0.4, 0.5) is 0 Å². The molecule has 1 aromatic carbocycles. The van der Waals surface area contributed by atoms with Crippen LogP contribution in [0.3, 0.4) is 0 Å². The number of rotatable bonds is 2. The van der Waals surface area contributed by atoms with Gasteiger partial charge < -0.3 is 0 Å². The maximum absolute atomic E-state index is 6.88. The van der Waals surface area contributed by atoms with Crippen LogP contribution in [0, 0.1) is 0 Å². The summed E-state index contributed by atoms with van der Waals surface area (Å²) in [4.78, 5) is 0. The first-order valence-corrected chi connectivity index (χ1v) is 3.77. The van der Waals surface area contributed by atoms with Crippen LogP contribution in [0.15, 0.2) is 30.3 Å². The van der Waals surface area contributed by atoms with Crippen molar-refractivity contribution in [3.05, 3.63) is 40.9 Å². The number of hydrogen-bond acceptors (Lipinski definition) is 0. The minimum Gasteiger partial charge on any atom is -0.254 e. The predicted octanol–water partition coefficient (Wildman–Crippen LogP) is 2.64. The molecule has 0 aliphatic rings. The topological polar surface area (TPSA) is 23.8 Å². The summed E-state index contributed by atoms with van der Waals surface area (Å²) in [6, 6.07) is 7.53.